The van der Waals surface area contributed by atoms with Crippen molar-refractivity contribution in [3.63, 3.8) is 0 Å². The van der Waals surface area contributed by atoms with Crippen LogP contribution in [0, 0.1) is 0 Å². The van der Waals surface area contributed by atoms with E-state index in [2.05, 4.69) is 5.32 Å². The minimum Gasteiger partial charge on any atom is -0.468 e. The van der Waals surface area contributed by atoms with Gasteiger partial charge in [0.1, 0.15) is 6.04 Å². The zero-order valence-corrected chi connectivity index (χ0v) is 10.9. The fourth-order valence-corrected chi connectivity index (χ4v) is 3.04. The smallest absolute Gasteiger partial charge is 0.341 e. The molecular formula is C12H20N2O4. The van der Waals surface area contributed by atoms with Crippen molar-refractivity contribution >= 4 is 11.9 Å². The number of nitrogens with zero attached hydrogens (tertiary/aromatic N) is 1. The number of methoxy groups -OCH3 is 2. The van der Waals surface area contributed by atoms with Gasteiger partial charge in [0.2, 0.25) is 0 Å². The van der Waals surface area contributed by atoms with E-state index in [0.717, 1.165) is 25.8 Å². The number of esters is 2. The summed E-state index contributed by atoms with van der Waals surface area (Å²) in [5.74, 6) is -0.583. The van der Waals surface area contributed by atoms with Crippen molar-refractivity contribution in [2.24, 2.45) is 0 Å². The number of carbonyl (C=O) groups is 2. The van der Waals surface area contributed by atoms with Crippen LogP contribution in [-0.4, -0.2) is 55.9 Å². The molecule has 2 aliphatic rings. The molecule has 6 heteroatoms. The second-order valence-electron chi connectivity index (χ2n) is 4.76. The summed E-state index contributed by atoms with van der Waals surface area (Å²) in [6.07, 6.45) is 3.19. The quantitative estimate of drug-likeness (QED) is 0.710. The maximum atomic E-state index is 12.1. The van der Waals surface area contributed by atoms with Gasteiger partial charge in [0.25, 0.3) is 0 Å². The molecule has 0 aromatic carbocycles. The van der Waals surface area contributed by atoms with Crippen LogP contribution in [0.3, 0.4) is 0 Å². The lowest BCUT2D eigenvalue weighted by molar-refractivity contribution is -0.162. The second-order valence-corrected chi connectivity index (χ2v) is 4.76. The summed E-state index contributed by atoms with van der Waals surface area (Å²) in [6, 6.07) is -0.348. The van der Waals surface area contributed by atoms with Crippen LogP contribution < -0.4 is 5.32 Å². The summed E-state index contributed by atoms with van der Waals surface area (Å²) in [5, 5.41) is 3.22. The predicted molar refractivity (Wildman–Crippen MR) is 63.7 cm³/mol. The van der Waals surface area contributed by atoms with Crippen LogP contribution in [0.15, 0.2) is 0 Å². The Balaban J connectivity index is 2.25. The molecule has 6 nitrogen and oxygen atoms in total. The molecule has 0 bridgehead atoms. The van der Waals surface area contributed by atoms with Crippen molar-refractivity contribution in [1.82, 2.24) is 10.2 Å². The monoisotopic (exact) mass is 256 g/mol. The van der Waals surface area contributed by atoms with E-state index >= 15 is 0 Å². The molecule has 2 rings (SSSR count). The minimum absolute atomic E-state index is 0.274. The van der Waals surface area contributed by atoms with Gasteiger partial charge >= 0.3 is 11.9 Å². The zero-order valence-electron chi connectivity index (χ0n) is 10.9. The highest BCUT2D eigenvalue weighted by Gasteiger charge is 2.52. The number of rotatable bonds is 3. The van der Waals surface area contributed by atoms with Crippen molar-refractivity contribution in [2.75, 3.05) is 27.3 Å². The summed E-state index contributed by atoms with van der Waals surface area (Å²) in [4.78, 5) is 25.8. The van der Waals surface area contributed by atoms with Crippen LogP contribution in [0.4, 0.5) is 0 Å². The first-order chi connectivity index (χ1) is 8.65. The van der Waals surface area contributed by atoms with Crippen molar-refractivity contribution in [3.8, 4) is 0 Å². The summed E-state index contributed by atoms with van der Waals surface area (Å²) in [5.41, 5.74) is -0.843. The van der Waals surface area contributed by atoms with E-state index in [1.165, 1.54) is 14.2 Å². The molecular weight excluding hydrogens is 236 g/mol. The van der Waals surface area contributed by atoms with Crippen LogP contribution >= 0.6 is 0 Å². The minimum atomic E-state index is -0.843. The van der Waals surface area contributed by atoms with Gasteiger partial charge in [-0.2, -0.15) is 0 Å². The first-order valence-electron chi connectivity index (χ1n) is 6.34. The Labute approximate surface area is 107 Å². The van der Waals surface area contributed by atoms with Gasteiger partial charge in [0.15, 0.2) is 5.66 Å². The van der Waals surface area contributed by atoms with E-state index in [4.69, 9.17) is 9.47 Å². The maximum Gasteiger partial charge on any atom is 0.341 e. The molecule has 2 heterocycles. The zero-order chi connectivity index (χ0) is 13.2. The molecule has 2 atom stereocenters. The molecule has 102 valence electrons. The van der Waals surface area contributed by atoms with E-state index in [1.807, 2.05) is 4.90 Å². The molecule has 0 radical (unpaired) electrons. The molecule has 0 amide bonds. The van der Waals surface area contributed by atoms with Crippen LogP contribution in [-0.2, 0) is 19.1 Å². The Hall–Kier alpha value is -1.14. The highest BCUT2D eigenvalue weighted by atomic mass is 16.5. The first kappa shape index (κ1) is 13.3. The SMILES string of the molecule is COC(=O)C1CCCN1[C@@]1(C(=O)OC)CCCN1. The highest BCUT2D eigenvalue weighted by Crippen LogP contribution is 2.33. The summed E-state index contributed by atoms with van der Waals surface area (Å²) in [6.45, 7) is 1.47. The number of carbonyl (C=O) groups excluding carboxylic acids is 2. The fourth-order valence-electron chi connectivity index (χ4n) is 3.04. The second kappa shape index (κ2) is 5.24. The third kappa shape index (κ3) is 1.99. The Bertz CT molecular complexity index is 339. The normalized spacial score (nSPS) is 32.4. The topological polar surface area (TPSA) is 67.9 Å². The largest absolute Gasteiger partial charge is 0.468 e. The molecule has 0 aliphatic carbocycles. The Morgan fingerprint density at radius 1 is 1.28 bits per heavy atom. The Morgan fingerprint density at radius 3 is 2.61 bits per heavy atom. The van der Waals surface area contributed by atoms with Gasteiger partial charge in [-0.3, -0.25) is 15.0 Å². The number of likely N-dealkylation sites (tertiary alicyclic amines) is 1. The third-order valence-electron chi connectivity index (χ3n) is 3.87. The van der Waals surface area contributed by atoms with Gasteiger partial charge in [-0.15, -0.1) is 0 Å². The molecule has 0 aromatic rings. The summed E-state index contributed by atoms with van der Waals surface area (Å²) >= 11 is 0. The molecule has 0 aromatic heterocycles. The molecule has 2 fully saturated rings. The standard InChI is InChI=1S/C12H20N2O4/c1-17-10(15)9-5-3-8-14(9)12(11(16)18-2)6-4-7-13-12/h9,13H,3-8H2,1-2H3/t9?,12-/m1/s1. The number of hydrogen-bond acceptors (Lipinski definition) is 6. The van der Waals surface area contributed by atoms with Crippen molar-refractivity contribution < 1.29 is 19.1 Å². The lowest BCUT2D eigenvalue weighted by Gasteiger charge is -2.38. The average molecular weight is 256 g/mol. The lowest BCUT2D eigenvalue weighted by atomic mass is 10.0. The summed E-state index contributed by atoms with van der Waals surface area (Å²) in [7, 11) is 2.76. The van der Waals surface area contributed by atoms with Gasteiger partial charge in [-0.1, -0.05) is 0 Å². The van der Waals surface area contributed by atoms with Crippen molar-refractivity contribution in [1.29, 1.82) is 0 Å². The Morgan fingerprint density at radius 2 is 2.06 bits per heavy atom. The van der Waals surface area contributed by atoms with Crippen LogP contribution in [0.25, 0.3) is 0 Å². The third-order valence-corrected chi connectivity index (χ3v) is 3.87. The number of nitrogens with one attached hydrogen (secondary N) is 1. The van der Waals surface area contributed by atoms with Gasteiger partial charge < -0.3 is 9.47 Å². The molecule has 0 saturated carbocycles. The molecule has 1 unspecified atom stereocenters. The summed E-state index contributed by atoms with van der Waals surface area (Å²) < 4.78 is 9.74. The van der Waals surface area contributed by atoms with Crippen LogP contribution in [0.5, 0.6) is 0 Å². The van der Waals surface area contributed by atoms with E-state index in [-0.39, 0.29) is 18.0 Å². The predicted octanol–water partition coefficient (Wildman–Crippen LogP) is -0.123. The fraction of sp³-hybridized carbons (Fsp3) is 0.833. The maximum absolute atomic E-state index is 12.1. The highest BCUT2D eigenvalue weighted by molar-refractivity contribution is 5.83. The van der Waals surface area contributed by atoms with E-state index in [0.29, 0.717) is 13.0 Å². The average Bonchev–Trinajstić information content (AvgIpc) is 3.05. The number of ether oxygens (including phenoxy) is 2. The van der Waals surface area contributed by atoms with Gasteiger partial charge in [-0.05, 0) is 32.2 Å². The molecule has 1 N–H and O–H groups in total. The molecule has 2 saturated heterocycles. The van der Waals surface area contributed by atoms with Crippen molar-refractivity contribution in [3.05, 3.63) is 0 Å². The molecule has 0 spiro atoms. The van der Waals surface area contributed by atoms with Crippen LogP contribution in [0.2, 0.25) is 0 Å². The van der Waals surface area contributed by atoms with Gasteiger partial charge in [0, 0.05) is 6.54 Å². The van der Waals surface area contributed by atoms with E-state index in [1.54, 1.807) is 0 Å². The molecule has 2 aliphatic heterocycles. The Kier molecular flexibility index (Phi) is 3.87. The van der Waals surface area contributed by atoms with Crippen LogP contribution in [0.1, 0.15) is 25.7 Å². The van der Waals surface area contributed by atoms with Crippen molar-refractivity contribution in [2.45, 2.75) is 37.4 Å². The van der Waals surface area contributed by atoms with E-state index in [9.17, 15) is 9.59 Å². The first-order valence-corrected chi connectivity index (χ1v) is 6.34. The van der Waals surface area contributed by atoms with Gasteiger partial charge in [-0.25, -0.2) is 4.79 Å². The lowest BCUT2D eigenvalue weighted by Crippen LogP contribution is -2.64. The molecule has 18 heavy (non-hydrogen) atoms. The van der Waals surface area contributed by atoms with E-state index < -0.39 is 5.66 Å². The van der Waals surface area contributed by atoms with Gasteiger partial charge in [0.05, 0.1) is 14.2 Å². The number of hydrogen-bond donors (Lipinski definition) is 1.